The van der Waals surface area contributed by atoms with E-state index < -0.39 is 33.3 Å². The van der Waals surface area contributed by atoms with Crippen LogP contribution in [0, 0.1) is 11.6 Å². The molecule has 0 saturated heterocycles. The molecule has 27 heavy (non-hydrogen) atoms. The van der Waals surface area contributed by atoms with Gasteiger partial charge in [-0.15, -0.1) is 0 Å². The number of sulfonamides is 1. The van der Waals surface area contributed by atoms with Crippen molar-refractivity contribution in [3.05, 3.63) is 83.9 Å². The number of aromatic carboxylic acids is 1. The number of carboxylic acid groups (broad SMARTS) is 1. The lowest BCUT2D eigenvalue weighted by Crippen LogP contribution is -2.14. The normalized spacial score (nSPS) is 11.2. The minimum Gasteiger partial charge on any atom is -0.478 e. The number of nitrogens with one attached hydrogen (secondary N) is 1. The standard InChI is InChI=1S/C19H13F2NO4S/c20-13-7-10-17(21)18(11-13)22-27(25,26)14-8-5-12(6-9-14)15-3-1-2-4-16(15)19(23)24/h1-11,22H,(H,23,24). The third-order valence-electron chi connectivity index (χ3n) is 3.81. The van der Waals surface area contributed by atoms with E-state index in [1.165, 1.54) is 30.3 Å². The van der Waals surface area contributed by atoms with Crippen molar-refractivity contribution < 1.29 is 27.1 Å². The molecule has 138 valence electrons. The molecule has 0 unspecified atom stereocenters. The van der Waals surface area contributed by atoms with Gasteiger partial charge >= 0.3 is 5.97 Å². The second-order valence-corrected chi connectivity index (χ2v) is 7.29. The molecule has 0 saturated carbocycles. The van der Waals surface area contributed by atoms with Crippen molar-refractivity contribution in [1.82, 2.24) is 0 Å². The van der Waals surface area contributed by atoms with Crippen LogP contribution in [-0.2, 0) is 10.0 Å². The van der Waals surface area contributed by atoms with Crippen molar-refractivity contribution in [2.75, 3.05) is 4.72 Å². The van der Waals surface area contributed by atoms with Crippen LogP contribution in [0.3, 0.4) is 0 Å². The average molecular weight is 389 g/mol. The quantitative estimate of drug-likeness (QED) is 0.687. The maximum absolute atomic E-state index is 13.7. The van der Waals surface area contributed by atoms with Gasteiger partial charge in [0, 0.05) is 6.07 Å². The van der Waals surface area contributed by atoms with Gasteiger partial charge in [-0.25, -0.2) is 22.0 Å². The van der Waals surface area contributed by atoms with Crippen LogP contribution in [0.5, 0.6) is 0 Å². The minimum absolute atomic E-state index is 0.0769. The van der Waals surface area contributed by atoms with Gasteiger partial charge in [0.1, 0.15) is 11.6 Å². The molecule has 0 heterocycles. The number of carbonyl (C=O) groups is 1. The summed E-state index contributed by atoms with van der Waals surface area (Å²) in [5.41, 5.74) is 0.505. The molecule has 0 atom stereocenters. The maximum Gasteiger partial charge on any atom is 0.336 e. The van der Waals surface area contributed by atoms with Gasteiger partial charge in [0.25, 0.3) is 10.0 Å². The lowest BCUT2D eigenvalue weighted by atomic mass is 10.00. The minimum atomic E-state index is -4.15. The topological polar surface area (TPSA) is 83.5 Å². The Morgan fingerprint density at radius 2 is 1.59 bits per heavy atom. The summed E-state index contributed by atoms with van der Waals surface area (Å²) in [6.45, 7) is 0. The fraction of sp³-hybridized carbons (Fsp3) is 0. The van der Waals surface area contributed by atoms with E-state index in [1.807, 2.05) is 4.72 Å². The summed E-state index contributed by atoms with van der Waals surface area (Å²) in [5, 5.41) is 9.25. The second-order valence-electron chi connectivity index (χ2n) is 5.60. The monoisotopic (exact) mass is 389 g/mol. The first-order valence-electron chi connectivity index (χ1n) is 7.68. The average Bonchev–Trinajstić information content (AvgIpc) is 2.64. The van der Waals surface area contributed by atoms with Crippen LogP contribution >= 0.6 is 0 Å². The zero-order chi connectivity index (χ0) is 19.6. The van der Waals surface area contributed by atoms with Gasteiger partial charge in [-0.2, -0.15) is 0 Å². The highest BCUT2D eigenvalue weighted by Crippen LogP contribution is 2.26. The van der Waals surface area contributed by atoms with E-state index in [9.17, 15) is 27.1 Å². The van der Waals surface area contributed by atoms with E-state index in [1.54, 1.807) is 18.2 Å². The zero-order valence-electron chi connectivity index (χ0n) is 13.7. The van der Waals surface area contributed by atoms with E-state index in [0.717, 1.165) is 18.2 Å². The number of hydrogen-bond acceptors (Lipinski definition) is 3. The van der Waals surface area contributed by atoms with Crippen molar-refractivity contribution in [3.63, 3.8) is 0 Å². The molecule has 5 nitrogen and oxygen atoms in total. The van der Waals surface area contributed by atoms with E-state index in [0.29, 0.717) is 11.1 Å². The fourth-order valence-corrected chi connectivity index (χ4v) is 3.57. The van der Waals surface area contributed by atoms with Crippen molar-refractivity contribution in [3.8, 4) is 11.1 Å². The Hall–Kier alpha value is -3.26. The molecule has 0 fully saturated rings. The Bertz CT molecular complexity index is 1110. The molecule has 0 amide bonds. The van der Waals surface area contributed by atoms with Crippen LogP contribution in [-0.4, -0.2) is 19.5 Å². The smallest absolute Gasteiger partial charge is 0.336 e. The molecule has 3 aromatic carbocycles. The molecule has 0 aliphatic rings. The molecule has 8 heteroatoms. The highest BCUT2D eigenvalue weighted by Gasteiger charge is 2.18. The number of carboxylic acids is 1. The first kappa shape index (κ1) is 18.5. The summed E-state index contributed by atoms with van der Waals surface area (Å²) in [4.78, 5) is 11.1. The fourth-order valence-electron chi connectivity index (χ4n) is 2.51. The first-order valence-corrected chi connectivity index (χ1v) is 9.17. The number of anilines is 1. The molecule has 0 bridgehead atoms. The molecular weight excluding hydrogens is 376 g/mol. The lowest BCUT2D eigenvalue weighted by molar-refractivity contribution is 0.0697. The summed E-state index contributed by atoms with van der Waals surface area (Å²) >= 11 is 0. The Kier molecular flexibility index (Phi) is 4.91. The van der Waals surface area contributed by atoms with Gasteiger partial charge in [-0.1, -0.05) is 30.3 Å². The summed E-state index contributed by atoms with van der Waals surface area (Å²) in [6.07, 6.45) is 0. The Labute approximate surface area is 154 Å². The highest BCUT2D eigenvalue weighted by atomic mass is 32.2. The largest absolute Gasteiger partial charge is 0.478 e. The first-order chi connectivity index (χ1) is 12.8. The van der Waals surface area contributed by atoms with Crippen LogP contribution in [0.25, 0.3) is 11.1 Å². The Morgan fingerprint density at radius 3 is 2.26 bits per heavy atom. The summed E-state index contributed by atoms with van der Waals surface area (Å²) in [5.74, 6) is -2.80. The van der Waals surface area contributed by atoms with Gasteiger partial charge < -0.3 is 5.11 Å². The molecule has 0 aliphatic carbocycles. The van der Waals surface area contributed by atoms with Crippen LogP contribution < -0.4 is 4.72 Å². The molecule has 0 aliphatic heterocycles. The summed E-state index contributed by atoms with van der Waals surface area (Å²) in [7, 11) is -4.15. The molecular formula is C19H13F2NO4S. The van der Waals surface area contributed by atoms with Gasteiger partial charge in [0.2, 0.25) is 0 Å². The highest BCUT2D eigenvalue weighted by molar-refractivity contribution is 7.92. The molecule has 2 N–H and O–H groups in total. The molecule has 0 aromatic heterocycles. The molecule has 3 aromatic rings. The third-order valence-corrected chi connectivity index (χ3v) is 5.19. The number of benzene rings is 3. The predicted octanol–water partition coefficient (Wildman–Crippen LogP) is 4.13. The van der Waals surface area contributed by atoms with Crippen molar-refractivity contribution in [2.45, 2.75) is 4.90 Å². The maximum atomic E-state index is 13.7. The van der Waals surface area contributed by atoms with Crippen LogP contribution in [0.4, 0.5) is 14.5 Å². The third kappa shape index (κ3) is 3.95. The van der Waals surface area contributed by atoms with Crippen LogP contribution in [0.2, 0.25) is 0 Å². The second kappa shape index (κ2) is 7.16. The van der Waals surface area contributed by atoms with E-state index in [4.69, 9.17) is 0 Å². The molecule has 3 rings (SSSR count). The van der Waals surface area contributed by atoms with Gasteiger partial charge in [-0.05, 0) is 41.5 Å². The van der Waals surface area contributed by atoms with Gasteiger partial charge in [0.05, 0.1) is 16.1 Å². The van der Waals surface area contributed by atoms with Crippen molar-refractivity contribution >= 4 is 21.7 Å². The van der Waals surface area contributed by atoms with E-state index >= 15 is 0 Å². The van der Waals surface area contributed by atoms with Gasteiger partial charge in [-0.3, -0.25) is 4.72 Å². The number of halogens is 2. The molecule has 0 radical (unpaired) electrons. The van der Waals surface area contributed by atoms with Crippen LogP contribution in [0.15, 0.2) is 71.6 Å². The summed E-state index contributed by atoms with van der Waals surface area (Å²) < 4.78 is 53.7. The van der Waals surface area contributed by atoms with E-state index in [2.05, 4.69) is 0 Å². The Balaban J connectivity index is 1.93. The predicted molar refractivity (Wildman–Crippen MR) is 96.0 cm³/mol. The van der Waals surface area contributed by atoms with E-state index in [-0.39, 0.29) is 10.5 Å². The van der Waals surface area contributed by atoms with Crippen molar-refractivity contribution in [1.29, 1.82) is 0 Å². The lowest BCUT2D eigenvalue weighted by Gasteiger charge is -2.10. The van der Waals surface area contributed by atoms with Gasteiger partial charge in [0.15, 0.2) is 0 Å². The summed E-state index contributed by atoms with van der Waals surface area (Å²) in [6, 6.07) is 14.1. The van der Waals surface area contributed by atoms with Crippen LogP contribution in [0.1, 0.15) is 10.4 Å². The SMILES string of the molecule is O=C(O)c1ccccc1-c1ccc(S(=O)(=O)Nc2cc(F)ccc2F)cc1. The zero-order valence-corrected chi connectivity index (χ0v) is 14.5. The number of rotatable bonds is 5. The van der Waals surface area contributed by atoms with Crippen molar-refractivity contribution in [2.24, 2.45) is 0 Å². The number of hydrogen-bond donors (Lipinski definition) is 2. The molecule has 0 spiro atoms. The Morgan fingerprint density at radius 1 is 0.926 bits per heavy atom.